The van der Waals surface area contributed by atoms with Gasteiger partial charge in [0, 0.05) is 37.9 Å². The maximum atomic E-state index is 12.9. The molecule has 0 aliphatic heterocycles. The Labute approximate surface area is 163 Å². The summed E-state index contributed by atoms with van der Waals surface area (Å²) in [7, 11) is 10.2. The van der Waals surface area contributed by atoms with Crippen molar-refractivity contribution in [1.82, 2.24) is 9.80 Å². The Bertz CT molecular complexity index is 781. The van der Waals surface area contributed by atoms with E-state index in [9.17, 15) is 4.79 Å². The number of carbonyl (C=O) groups excluding carboxylic acids is 1. The molecule has 0 unspecified atom stereocenters. The number of allylic oxidation sites excluding steroid dienone is 1. The molecular weight excluding hydrogens is 334 g/mol. The highest BCUT2D eigenvalue weighted by Gasteiger charge is 2.12. The van der Waals surface area contributed by atoms with E-state index in [1.54, 1.807) is 6.08 Å². The van der Waals surface area contributed by atoms with Crippen LogP contribution in [0.3, 0.4) is 0 Å². The van der Waals surface area contributed by atoms with Gasteiger partial charge in [0.15, 0.2) is 5.78 Å². The van der Waals surface area contributed by atoms with Crippen LogP contribution in [0.25, 0.3) is 6.08 Å². The highest BCUT2D eigenvalue weighted by atomic mass is 16.1. The van der Waals surface area contributed by atoms with Gasteiger partial charge in [-0.2, -0.15) is 0 Å². The monoisotopic (exact) mass is 365 g/mol. The molecule has 0 atom stereocenters. The van der Waals surface area contributed by atoms with E-state index in [2.05, 4.69) is 40.9 Å². The van der Waals surface area contributed by atoms with Gasteiger partial charge in [-0.25, -0.2) is 0 Å². The van der Waals surface area contributed by atoms with Crippen molar-refractivity contribution in [2.24, 2.45) is 0 Å². The lowest BCUT2D eigenvalue weighted by atomic mass is 10.0. The minimum absolute atomic E-state index is 0.0296. The number of likely N-dealkylation sites (N-methyl/N-ethyl adjacent to an activating group) is 2. The van der Waals surface area contributed by atoms with Crippen LogP contribution in [-0.4, -0.2) is 63.9 Å². The van der Waals surface area contributed by atoms with Crippen LogP contribution >= 0.6 is 0 Å². The number of para-hydroxylation sites is 1. The van der Waals surface area contributed by atoms with Crippen LogP contribution in [0.4, 0.5) is 5.69 Å². The second kappa shape index (κ2) is 10.0. The van der Waals surface area contributed by atoms with Crippen LogP contribution in [0.15, 0.2) is 54.6 Å². The Morgan fingerprint density at radius 1 is 0.852 bits per heavy atom. The fourth-order valence-electron chi connectivity index (χ4n) is 2.92. The molecule has 0 fully saturated rings. The zero-order valence-corrected chi connectivity index (χ0v) is 17.1. The lowest BCUT2D eigenvalue weighted by Gasteiger charge is -2.23. The predicted molar refractivity (Wildman–Crippen MR) is 115 cm³/mol. The highest BCUT2D eigenvalue weighted by molar-refractivity contribution is 6.10. The molecule has 0 spiro atoms. The minimum atomic E-state index is 0.0296. The van der Waals surface area contributed by atoms with E-state index in [1.807, 2.05) is 63.6 Å². The number of rotatable bonds is 9. The SMILES string of the molecule is CN(C)CCN(C)c1ccccc1C(=O)C=Cc1ccccc1CN(C)C. The summed E-state index contributed by atoms with van der Waals surface area (Å²) in [6.45, 7) is 2.65. The van der Waals surface area contributed by atoms with E-state index < -0.39 is 0 Å². The number of carbonyl (C=O) groups is 1. The molecule has 2 rings (SSSR count). The first kappa shape index (κ1) is 20.9. The molecule has 144 valence electrons. The van der Waals surface area contributed by atoms with Gasteiger partial charge in [-0.1, -0.05) is 42.5 Å². The number of hydrogen-bond donors (Lipinski definition) is 0. The average Bonchev–Trinajstić information content (AvgIpc) is 2.64. The number of hydrogen-bond acceptors (Lipinski definition) is 4. The zero-order chi connectivity index (χ0) is 19.8. The second-order valence-electron chi connectivity index (χ2n) is 7.38. The number of nitrogens with zero attached hydrogens (tertiary/aromatic N) is 3. The maximum Gasteiger partial charge on any atom is 0.187 e. The van der Waals surface area contributed by atoms with E-state index >= 15 is 0 Å². The van der Waals surface area contributed by atoms with Crippen LogP contribution in [0, 0.1) is 0 Å². The van der Waals surface area contributed by atoms with Crippen LogP contribution in [0.2, 0.25) is 0 Å². The molecule has 0 aliphatic carbocycles. The predicted octanol–water partition coefficient (Wildman–Crippen LogP) is 3.64. The van der Waals surface area contributed by atoms with E-state index in [1.165, 1.54) is 5.56 Å². The molecule has 0 aromatic heterocycles. The van der Waals surface area contributed by atoms with Gasteiger partial charge in [0.2, 0.25) is 0 Å². The largest absolute Gasteiger partial charge is 0.373 e. The van der Waals surface area contributed by atoms with Gasteiger partial charge in [0.25, 0.3) is 0 Å². The molecule has 2 aromatic rings. The molecule has 4 nitrogen and oxygen atoms in total. The first-order valence-corrected chi connectivity index (χ1v) is 9.28. The van der Waals surface area contributed by atoms with Gasteiger partial charge in [0.05, 0.1) is 0 Å². The topological polar surface area (TPSA) is 26.8 Å². The molecule has 4 heteroatoms. The van der Waals surface area contributed by atoms with E-state index in [0.29, 0.717) is 0 Å². The van der Waals surface area contributed by atoms with Crippen molar-refractivity contribution < 1.29 is 4.79 Å². The molecule has 0 radical (unpaired) electrons. The number of anilines is 1. The standard InChI is InChI=1S/C23H31N3O/c1-24(2)16-17-26(5)22-13-9-8-12-21(22)23(27)15-14-19-10-6-7-11-20(19)18-25(3)4/h6-15H,16-18H2,1-5H3. The van der Waals surface area contributed by atoms with Gasteiger partial charge in [0.1, 0.15) is 0 Å². The van der Waals surface area contributed by atoms with Crippen molar-refractivity contribution in [3.63, 3.8) is 0 Å². The van der Waals surface area contributed by atoms with Gasteiger partial charge < -0.3 is 14.7 Å². The summed E-state index contributed by atoms with van der Waals surface area (Å²) in [6, 6.07) is 16.0. The second-order valence-corrected chi connectivity index (χ2v) is 7.38. The normalized spacial score (nSPS) is 11.5. The Kier molecular flexibility index (Phi) is 7.77. The van der Waals surface area contributed by atoms with Crippen molar-refractivity contribution in [3.05, 3.63) is 71.3 Å². The Balaban J connectivity index is 2.21. The molecule has 0 saturated carbocycles. The summed E-state index contributed by atoms with van der Waals surface area (Å²) in [6.07, 6.45) is 3.62. The minimum Gasteiger partial charge on any atom is -0.373 e. The summed E-state index contributed by atoms with van der Waals surface area (Å²) >= 11 is 0. The van der Waals surface area contributed by atoms with E-state index in [4.69, 9.17) is 0 Å². The molecule has 0 saturated heterocycles. The van der Waals surface area contributed by atoms with Gasteiger partial charge in [-0.05, 0) is 57.5 Å². The maximum absolute atomic E-state index is 12.9. The molecule has 2 aromatic carbocycles. The van der Waals surface area contributed by atoms with Gasteiger partial charge in [-0.15, -0.1) is 0 Å². The Hall–Kier alpha value is -2.43. The molecule has 27 heavy (non-hydrogen) atoms. The number of ketones is 1. The summed E-state index contributed by atoms with van der Waals surface area (Å²) in [4.78, 5) is 19.3. The smallest absolute Gasteiger partial charge is 0.187 e. The summed E-state index contributed by atoms with van der Waals surface area (Å²) in [5, 5.41) is 0. The van der Waals surface area contributed by atoms with Crippen molar-refractivity contribution >= 4 is 17.5 Å². The Morgan fingerprint density at radius 3 is 2.22 bits per heavy atom. The van der Waals surface area contributed by atoms with Crippen LogP contribution in [0.5, 0.6) is 0 Å². The summed E-state index contributed by atoms with van der Waals surface area (Å²) < 4.78 is 0. The summed E-state index contributed by atoms with van der Waals surface area (Å²) in [5.74, 6) is 0.0296. The molecule has 0 aliphatic rings. The van der Waals surface area contributed by atoms with Crippen LogP contribution < -0.4 is 4.90 Å². The van der Waals surface area contributed by atoms with Crippen molar-refractivity contribution in [2.45, 2.75) is 6.54 Å². The van der Waals surface area contributed by atoms with Crippen LogP contribution in [-0.2, 0) is 6.54 Å². The van der Waals surface area contributed by atoms with Gasteiger partial charge in [-0.3, -0.25) is 4.79 Å². The average molecular weight is 366 g/mol. The van der Waals surface area contributed by atoms with E-state index in [-0.39, 0.29) is 5.78 Å². The van der Waals surface area contributed by atoms with Gasteiger partial charge >= 0.3 is 0 Å². The van der Waals surface area contributed by atoms with Crippen molar-refractivity contribution in [1.29, 1.82) is 0 Å². The lowest BCUT2D eigenvalue weighted by molar-refractivity contribution is 0.104. The van der Waals surface area contributed by atoms with E-state index in [0.717, 1.165) is 36.4 Å². The summed E-state index contributed by atoms with van der Waals surface area (Å²) in [5.41, 5.74) is 4.00. The first-order chi connectivity index (χ1) is 12.9. The third-order valence-electron chi connectivity index (χ3n) is 4.42. The zero-order valence-electron chi connectivity index (χ0n) is 17.1. The van der Waals surface area contributed by atoms with Crippen LogP contribution in [0.1, 0.15) is 21.5 Å². The third kappa shape index (κ3) is 6.35. The first-order valence-electron chi connectivity index (χ1n) is 9.28. The molecule has 0 heterocycles. The molecule has 0 bridgehead atoms. The fourth-order valence-corrected chi connectivity index (χ4v) is 2.92. The molecule has 0 amide bonds. The van der Waals surface area contributed by atoms with Crippen molar-refractivity contribution in [3.8, 4) is 0 Å². The molecular formula is C23H31N3O. The number of benzene rings is 2. The quantitative estimate of drug-likeness (QED) is 0.501. The third-order valence-corrected chi connectivity index (χ3v) is 4.42. The Morgan fingerprint density at radius 2 is 1.52 bits per heavy atom. The molecule has 0 N–H and O–H groups in total. The fraction of sp³-hybridized carbons (Fsp3) is 0.348. The van der Waals surface area contributed by atoms with Crippen molar-refractivity contribution in [2.75, 3.05) is 53.2 Å². The lowest BCUT2D eigenvalue weighted by Crippen LogP contribution is -2.29. The highest BCUT2D eigenvalue weighted by Crippen LogP contribution is 2.21.